The van der Waals surface area contributed by atoms with Gasteiger partial charge in [0, 0.05) is 12.8 Å². The third-order valence-electron chi connectivity index (χ3n) is 9.98. The van der Waals surface area contributed by atoms with Crippen LogP contribution in [0.2, 0.25) is 0 Å². The fourth-order valence-corrected chi connectivity index (χ4v) is 7.13. The first-order valence-electron chi connectivity index (χ1n) is 22.9. The molecule has 4 N–H and O–H groups in total. The van der Waals surface area contributed by atoms with Gasteiger partial charge in [-0.1, -0.05) is 186 Å². The molecule has 11 nitrogen and oxygen atoms in total. The first-order chi connectivity index (χ1) is 27.6. The van der Waals surface area contributed by atoms with Gasteiger partial charge in [-0.3, -0.25) is 23.4 Å². The Morgan fingerprint density at radius 3 is 1.35 bits per heavy atom. The minimum atomic E-state index is -4.72. The number of hydrogen-bond acceptors (Lipinski definition) is 9. The number of carbonyl (C=O) groups is 3. The molecule has 0 saturated carbocycles. The Kier molecular flexibility index (Phi) is 39.3. The van der Waals surface area contributed by atoms with E-state index in [1.807, 2.05) is 0 Å². The number of phosphoric acid groups is 1. The normalized spacial score (nSPS) is 13.9. The van der Waals surface area contributed by atoms with Gasteiger partial charge in [0.15, 0.2) is 6.10 Å². The van der Waals surface area contributed by atoms with E-state index in [-0.39, 0.29) is 19.4 Å². The molecule has 57 heavy (non-hydrogen) atoms. The zero-order valence-electron chi connectivity index (χ0n) is 36.2. The van der Waals surface area contributed by atoms with E-state index >= 15 is 0 Å². The number of hydrogen-bond donors (Lipinski definition) is 3. The Morgan fingerprint density at radius 1 is 0.544 bits per heavy atom. The number of allylic oxidation sites excluding steroid dienone is 4. The number of rotatable bonds is 43. The average molecular weight is 830 g/mol. The second-order valence-corrected chi connectivity index (χ2v) is 17.0. The highest BCUT2D eigenvalue weighted by Gasteiger charge is 2.28. The smallest absolute Gasteiger partial charge is 0.472 e. The van der Waals surface area contributed by atoms with Crippen LogP contribution in [0.5, 0.6) is 0 Å². The molecule has 0 fully saturated rings. The van der Waals surface area contributed by atoms with E-state index in [1.54, 1.807) is 0 Å². The summed E-state index contributed by atoms with van der Waals surface area (Å²) >= 11 is 0. The van der Waals surface area contributed by atoms with Crippen LogP contribution in [-0.4, -0.2) is 59.9 Å². The molecule has 0 heterocycles. The van der Waals surface area contributed by atoms with Crippen molar-refractivity contribution in [1.82, 2.24) is 0 Å². The van der Waals surface area contributed by atoms with Crippen molar-refractivity contribution in [3.05, 3.63) is 24.3 Å². The Bertz CT molecular complexity index is 1070. The van der Waals surface area contributed by atoms with E-state index < -0.39 is 51.1 Å². The van der Waals surface area contributed by atoms with E-state index in [2.05, 4.69) is 42.7 Å². The van der Waals surface area contributed by atoms with Crippen LogP contribution < -0.4 is 5.73 Å². The molecule has 0 rings (SSSR count). The zero-order valence-corrected chi connectivity index (χ0v) is 37.1. The van der Waals surface area contributed by atoms with Crippen LogP contribution in [0.3, 0.4) is 0 Å². The molecule has 0 saturated heterocycles. The third kappa shape index (κ3) is 40.5. The van der Waals surface area contributed by atoms with Gasteiger partial charge in [-0.15, -0.1) is 0 Å². The van der Waals surface area contributed by atoms with Crippen LogP contribution in [0.1, 0.15) is 213 Å². The largest absolute Gasteiger partial charge is 0.480 e. The van der Waals surface area contributed by atoms with Crippen LogP contribution in [0, 0.1) is 0 Å². The highest BCUT2D eigenvalue weighted by molar-refractivity contribution is 7.47. The maximum Gasteiger partial charge on any atom is 0.472 e. The molecular weight excluding hydrogens is 745 g/mol. The monoisotopic (exact) mass is 830 g/mol. The number of aliphatic carboxylic acids is 1. The van der Waals surface area contributed by atoms with Gasteiger partial charge < -0.3 is 25.2 Å². The Labute approximate surface area is 347 Å². The molecule has 0 spiro atoms. The van der Waals surface area contributed by atoms with Crippen molar-refractivity contribution in [2.24, 2.45) is 5.73 Å². The summed E-state index contributed by atoms with van der Waals surface area (Å²) in [6.45, 7) is 2.79. The van der Waals surface area contributed by atoms with Crippen LogP contribution in [0.25, 0.3) is 0 Å². The van der Waals surface area contributed by atoms with Gasteiger partial charge in [0.1, 0.15) is 12.6 Å². The van der Waals surface area contributed by atoms with E-state index in [9.17, 15) is 23.8 Å². The standard InChI is InChI=1S/C45H84NO10P/c1-3-5-7-9-11-13-15-17-19-20-21-23-24-26-28-30-32-34-36-43(47)53-38-41(39-54-57(51,52)55-40-42(46)45(49)50)56-44(48)37-35-33-31-29-27-25-22-18-16-14-12-10-8-6-4-2/h14,16,18,22,41-42H,3-13,15,17,19-21,23-40,46H2,1-2H3,(H,49,50)(H,51,52)/b16-14+,22-18+/t41-,42+/m1/s1. The number of ether oxygens (including phenoxy) is 2. The Hall–Kier alpha value is -2.04. The topological polar surface area (TPSA) is 172 Å². The lowest BCUT2D eigenvalue weighted by Gasteiger charge is -2.20. The van der Waals surface area contributed by atoms with E-state index in [1.165, 1.54) is 116 Å². The number of unbranched alkanes of at least 4 members (excludes halogenated alkanes) is 26. The van der Waals surface area contributed by atoms with Gasteiger partial charge in [0.05, 0.1) is 13.2 Å². The van der Waals surface area contributed by atoms with Crippen LogP contribution in [-0.2, 0) is 37.5 Å². The van der Waals surface area contributed by atoms with E-state index in [0.29, 0.717) is 12.8 Å². The molecule has 0 aliphatic carbocycles. The maximum absolute atomic E-state index is 12.6. The van der Waals surface area contributed by atoms with Gasteiger partial charge in [-0.2, -0.15) is 0 Å². The fourth-order valence-electron chi connectivity index (χ4n) is 6.35. The Balaban J connectivity index is 4.32. The summed E-state index contributed by atoms with van der Waals surface area (Å²) in [7, 11) is -4.72. The van der Waals surface area contributed by atoms with Gasteiger partial charge in [0.25, 0.3) is 0 Å². The molecule has 0 aromatic carbocycles. The quantitative estimate of drug-likeness (QED) is 0.0231. The van der Waals surface area contributed by atoms with Crippen molar-refractivity contribution >= 4 is 25.7 Å². The number of carboxylic acid groups (broad SMARTS) is 1. The number of carboxylic acids is 1. The lowest BCUT2D eigenvalue weighted by Crippen LogP contribution is -2.34. The molecule has 3 atom stereocenters. The van der Waals surface area contributed by atoms with Crippen LogP contribution >= 0.6 is 7.82 Å². The number of esters is 2. The molecule has 0 aromatic rings. The predicted molar refractivity (Wildman–Crippen MR) is 231 cm³/mol. The van der Waals surface area contributed by atoms with Crippen molar-refractivity contribution in [1.29, 1.82) is 0 Å². The fraction of sp³-hybridized carbons (Fsp3) is 0.844. The predicted octanol–water partition coefficient (Wildman–Crippen LogP) is 12.2. The number of nitrogens with two attached hydrogens (primary N) is 1. The summed E-state index contributed by atoms with van der Waals surface area (Å²) in [6.07, 6.45) is 42.4. The lowest BCUT2D eigenvalue weighted by atomic mass is 10.0. The highest BCUT2D eigenvalue weighted by atomic mass is 31.2. The SMILES string of the molecule is CCCCCC/C=C/C=C/CCCCCCCC(=O)O[C@H](COC(=O)CCCCCCCCCCCCCCCCCCCC)COP(=O)(O)OC[C@H](N)C(=O)O. The minimum Gasteiger partial charge on any atom is -0.480 e. The summed E-state index contributed by atoms with van der Waals surface area (Å²) < 4.78 is 32.7. The van der Waals surface area contributed by atoms with E-state index in [0.717, 1.165) is 57.8 Å². The number of phosphoric ester groups is 1. The molecular formula is C45H84NO10P. The number of carbonyl (C=O) groups excluding carboxylic acids is 2. The Morgan fingerprint density at radius 2 is 0.912 bits per heavy atom. The van der Waals surface area contributed by atoms with Crippen molar-refractivity contribution in [2.45, 2.75) is 225 Å². The van der Waals surface area contributed by atoms with Crippen LogP contribution in [0.15, 0.2) is 24.3 Å². The van der Waals surface area contributed by atoms with Crippen LogP contribution in [0.4, 0.5) is 0 Å². The minimum absolute atomic E-state index is 0.146. The third-order valence-corrected chi connectivity index (χ3v) is 10.9. The van der Waals surface area contributed by atoms with Crippen molar-refractivity contribution in [3.63, 3.8) is 0 Å². The molecule has 1 unspecified atom stereocenters. The maximum atomic E-state index is 12.6. The molecule has 0 aliphatic rings. The van der Waals surface area contributed by atoms with Gasteiger partial charge in [-0.25, -0.2) is 4.57 Å². The molecule has 0 aromatic heterocycles. The molecule has 0 radical (unpaired) electrons. The van der Waals surface area contributed by atoms with Crippen molar-refractivity contribution < 1.29 is 47.5 Å². The summed E-state index contributed by atoms with van der Waals surface area (Å²) in [5.41, 5.74) is 5.34. The van der Waals surface area contributed by atoms with Crippen molar-refractivity contribution in [2.75, 3.05) is 19.8 Å². The molecule has 334 valence electrons. The second kappa shape index (κ2) is 40.7. The molecule has 0 aliphatic heterocycles. The second-order valence-electron chi connectivity index (χ2n) is 15.6. The summed E-state index contributed by atoms with van der Waals surface area (Å²) in [5.74, 6) is -2.39. The first kappa shape index (κ1) is 55.0. The van der Waals surface area contributed by atoms with Crippen molar-refractivity contribution in [3.8, 4) is 0 Å². The molecule has 0 bridgehead atoms. The first-order valence-corrected chi connectivity index (χ1v) is 24.4. The summed E-state index contributed by atoms with van der Waals surface area (Å²) in [5, 5.41) is 8.89. The molecule has 0 amide bonds. The zero-order chi connectivity index (χ0) is 42.1. The van der Waals surface area contributed by atoms with Gasteiger partial charge >= 0.3 is 25.7 Å². The lowest BCUT2D eigenvalue weighted by molar-refractivity contribution is -0.161. The van der Waals surface area contributed by atoms with E-state index in [4.69, 9.17) is 24.8 Å². The highest BCUT2D eigenvalue weighted by Crippen LogP contribution is 2.43. The summed E-state index contributed by atoms with van der Waals surface area (Å²) in [4.78, 5) is 46.0. The van der Waals surface area contributed by atoms with Gasteiger partial charge in [0.2, 0.25) is 0 Å². The summed E-state index contributed by atoms with van der Waals surface area (Å²) in [6, 6.07) is -1.52. The average Bonchev–Trinajstić information content (AvgIpc) is 3.19. The molecule has 12 heteroatoms. The van der Waals surface area contributed by atoms with Gasteiger partial charge in [-0.05, 0) is 38.5 Å².